The van der Waals surface area contributed by atoms with Crippen molar-refractivity contribution in [3.8, 4) is 5.13 Å². The topological polar surface area (TPSA) is 56.0 Å². The van der Waals surface area contributed by atoms with Crippen LogP contribution in [0.4, 0.5) is 0 Å². The molecule has 142 valence electrons. The first-order valence-electron chi connectivity index (χ1n) is 9.45. The molecule has 1 unspecified atom stereocenters. The number of hydrogen-bond acceptors (Lipinski definition) is 4. The van der Waals surface area contributed by atoms with Gasteiger partial charge in [0.1, 0.15) is 10.7 Å². The van der Waals surface area contributed by atoms with E-state index in [1.165, 1.54) is 11.3 Å². The van der Waals surface area contributed by atoms with Gasteiger partial charge < -0.3 is 14.0 Å². The Hall–Kier alpha value is -2.93. The molecular formula is C21H21N5OS. The van der Waals surface area contributed by atoms with Gasteiger partial charge in [-0.2, -0.15) is 0 Å². The van der Waals surface area contributed by atoms with Crippen molar-refractivity contribution in [3.05, 3.63) is 65.2 Å². The minimum atomic E-state index is 0.0815. The number of benzene rings is 1. The van der Waals surface area contributed by atoms with Crippen molar-refractivity contribution in [1.29, 1.82) is 0 Å². The molecule has 1 aromatic carbocycles. The Bertz CT molecular complexity index is 1160. The third-order valence-electron chi connectivity index (χ3n) is 5.39. The second kappa shape index (κ2) is 6.60. The van der Waals surface area contributed by atoms with Crippen molar-refractivity contribution < 1.29 is 4.79 Å². The Balaban J connectivity index is 1.40. The van der Waals surface area contributed by atoms with E-state index in [4.69, 9.17) is 0 Å². The zero-order valence-electron chi connectivity index (χ0n) is 15.9. The molecule has 1 fully saturated rings. The fourth-order valence-corrected chi connectivity index (χ4v) is 5.06. The summed E-state index contributed by atoms with van der Waals surface area (Å²) >= 11 is 1.46. The van der Waals surface area contributed by atoms with Crippen molar-refractivity contribution in [1.82, 2.24) is 24.0 Å². The minimum absolute atomic E-state index is 0.0815. The maximum Gasteiger partial charge on any atom is 0.265 e. The molecule has 4 heterocycles. The van der Waals surface area contributed by atoms with Crippen LogP contribution in [0.25, 0.3) is 16.2 Å². The summed E-state index contributed by atoms with van der Waals surface area (Å²) in [5, 5.41) is 0.832. The molecule has 1 aliphatic rings. The number of amides is 1. The number of carbonyl (C=O) groups excluding carboxylic acids is 1. The maximum absolute atomic E-state index is 13.2. The summed E-state index contributed by atoms with van der Waals surface area (Å²) in [5.41, 5.74) is 2.95. The van der Waals surface area contributed by atoms with Gasteiger partial charge in [-0.1, -0.05) is 23.5 Å². The smallest absolute Gasteiger partial charge is 0.265 e. The Kier molecular flexibility index (Phi) is 4.05. The van der Waals surface area contributed by atoms with E-state index >= 15 is 0 Å². The van der Waals surface area contributed by atoms with Crippen LogP contribution in [0, 0.1) is 13.8 Å². The molecule has 3 aromatic heterocycles. The van der Waals surface area contributed by atoms with E-state index in [-0.39, 0.29) is 11.9 Å². The van der Waals surface area contributed by atoms with Crippen LogP contribution in [0.5, 0.6) is 0 Å². The summed E-state index contributed by atoms with van der Waals surface area (Å²) in [7, 11) is 0. The number of para-hydroxylation sites is 2. The Morgan fingerprint density at radius 2 is 1.89 bits per heavy atom. The van der Waals surface area contributed by atoms with Crippen LogP contribution in [0.15, 0.2) is 48.8 Å². The fourth-order valence-electron chi connectivity index (χ4n) is 4.06. The van der Waals surface area contributed by atoms with Crippen LogP contribution >= 0.6 is 11.3 Å². The monoisotopic (exact) mass is 391 g/mol. The summed E-state index contributed by atoms with van der Waals surface area (Å²) in [4.78, 5) is 25.1. The predicted octanol–water partition coefficient (Wildman–Crippen LogP) is 3.99. The lowest BCUT2D eigenvalue weighted by molar-refractivity contribution is 0.0791. The quantitative estimate of drug-likeness (QED) is 0.531. The molecule has 5 rings (SSSR count). The van der Waals surface area contributed by atoms with Crippen LogP contribution in [0.2, 0.25) is 0 Å². The molecule has 7 heteroatoms. The van der Waals surface area contributed by atoms with Gasteiger partial charge in [0.15, 0.2) is 5.13 Å². The van der Waals surface area contributed by atoms with Crippen LogP contribution in [0.1, 0.15) is 33.7 Å². The Morgan fingerprint density at radius 3 is 2.71 bits per heavy atom. The number of aryl methyl sites for hydroxylation is 2. The standard InChI is InChI=1S/C21H21N5OS/c1-14-19(28-21(22-14)24-10-5-6-11-24)20(27)25-12-9-16(13-25)26-15(2)23-17-7-3-4-8-18(17)26/h3-8,10-11,16H,9,12-13H2,1-2H3. The van der Waals surface area contributed by atoms with Gasteiger partial charge in [-0.15, -0.1) is 0 Å². The van der Waals surface area contributed by atoms with Crippen LogP contribution in [0.3, 0.4) is 0 Å². The number of imidazole rings is 1. The van der Waals surface area contributed by atoms with E-state index in [1.807, 2.05) is 66.0 Å². The molecule has 0 spiro atoms. The zero-order chi connectivity index (χ0) is 19.3. The molecule has 1 atom stereocenters. The minimum Gasteiger partial charge on any atom is -0.336 e. The second-order valence-corrected chi connectivity index (χ2v) is 8.19. The Labute approximate surface area is 167 Å². The molecule has 6 nitrogen and oxygen atoms in total. The fraction of sp³-hybridized carbons (Fsp3) is 0.286. The molecule has 0 aliphatic carbocycles. The van der Waals surface area contributed by atoms with Crippen molar-refractivity contribution in [2.75, 3.05) is 13.1 Å². The van der Waals surface area contributed by atoms with Crippen LogP contribution in [-0.2, 0) is 0 Å². The first-order chi connectivity index (χ1) is 13.6. The predicted molar refractivity (Wildman–Crippen MR) is 110 cm³/mol. The highest BCUT2D eigenvalue weighted by atomic mass is 32.1. The largest absolute Gasteiger partial charge is 0.336 e. The number of likely N-dealkylation sites (tertiary alicyclic amines) is 1. The van der Waals surface area contributed by atoms with Gasteiger partial charge in [-0.25, -0.2) is 9.97 Å². The van der Waals surface area contributed by atoms with Crippen LogP contribution in [-0.4, -0.2) is 43.0 Å². The lowest BCUT2D eigenvalue weighted by Crippen LogP contribution is -2.29. The first-order valence-corrected chi connectivity index (χ1v) is 10.3. The van der Waals surface area contributed by atoms with Gasteiger partial charge in [0.05, 0.1) is 22.8 Å². The molecule has 0 radical (unpaired) electrons. The molecule has 0 saturated carbocycles. The summed E-state index contributed by atoms with van der Waals surface area (Å²) in [6.45, 7) is 5.42. The van der Waals surface area contributed by atoms with Gasteiger partial charge >= 0.3 is 0 Å². The van der Waals surface area contributed by atoms with Crippen molar-refractivity contribution in [3.63, 3.8) is 0 Å². The molecule has 0 bridgehead atoms. The summed E-state index contributed by atoms with van der Waals surface area (Å²) < 4.78 is 4.23. The highest BCUT2D eigenvalue weighted by Crippen LogP contribution is 2.30. The highest BCUT2D eigenvalue weighted by molar-refractivity contribution is 7.16. The van der Waals surface area contributed by atoms with Crippen LogP contribution < -0.4 is 0 Å². The average Bonchev–Trinajstić information content (AvgIpc) is 3.46. The number of rotatable bonds is 3. The third kappa shape index (κ3) is 2.74. The van der Waals surface area contributed by atoms with Crippen molar-refractivity contribution in [2.45, 2.75) is 26.3 Å². The molecule has 28 heavy (non-hydrogen) atoms. The SMILES string of the molecule is Cc1nc(-n2cccc2)sc1C(=O)N1CCC(n2c(C)nc3ccccc32)C1. The second-order valence-electron chi connectivity index (χ2n) is 7.21. The highest BCUT2D eigenvalue weighted by Gasteiger charge is 2.31. The number of hydrogen-bond donors (Lipinski definition) is 0. The van der Waals surface area contributed by atoms with E-state index in [0.29, 0.717) is 6.54 Å². The average molecular weight is 392 g/mol. The molecule has 1 saturated heterocycles. The lowest BCUT2D eigenvalue weighted by atomic mass is 10.2. The van der Waals surface area contributed by atoms with E-state index < -0.39 is 0 Å². The first kappa shape index (κ1) is 17.2. The third-order valence-corrected chi connectivity index (χ3v) is 6.55. The number of fused-ring (bicyclic) bond motifs is 1. The lowest BCUT2D eigenvalue weighted by Gasteiger charge is -2.18. The summed E-state index contributed by atoms with van der Waals surface area (Å²) in [5.74, 6) is 1.09. The van der Waals surface area contributed by atoms with Gasteiger partial charge in [0.2, 0.25) is 0 Å². The Morgan fingerprint density at radius 1 is 1.11 bits per heavy atom. The van der Waals surface area contributed by atoms with E-state index in [1.54, 1.807) is 0 Å². The zero-order valence-corrected chi connectivity index (χ0v) is 16.7. The molecule has 0 N–H and O–H groups in total. The molecule has 1 aliphatic heterocycles. The van der Waals surface area contributed by atoms with Gasteiger partial charge in [0, 0.05) is 25.5 Å². The molecule has 4 aromatic rings. The van der Waals surface area contributed by atoms with Gasteiger partial charge in [0.25, 0.3) is 5.91 Å². The van der Waals surface area contributed by atoms with E-state index in [0.717, 1.165) is 45.5 Å². The number of thiazole rings is 1. The van der Waals surface area contributed by atoms with Crippen molar-refractivity contribution in [2.24, 2.45) is 0 Å². The normalized spacial score (nSPS) is 16.9. The number of aromatic nitrogens is 4. The molecule has 1 amide bonds. The summed E-state index contributed by atoms with van der Waals surface area (Å²) in [6.07, 6.45) is 4.84. The van der Waals surface area contributed by atoms with E-state index in [2.05, 4.69) is 20.6 Å². The number of nitrogens with zero attached hydrogens (tertiary/aromatic N) is 5. The maximum atomic E-state index is 13.2. The van der Waals surface area contributed by atoms with Gasteiger partial charge in [-0.05, 0) is 44.5 Å². The summed E-state index contributed by atoms with van der Waals surface area (Å²) in [6, 6.07) is 12.4. The molecular weight excluding hydrogens is 370 g/mol. The number of carbonyl (C=O) groups is 1. The van der Waals surface area contributed by atoms with Crippen molar-refractivity contribution >= 4 is 28.3 Å². The van der Waals surface area contributed by atoms with E-state index in [9.17, 15) is 4.79 Å². The van der Waals surface area contributed by atoms with Gasteiger partial charge in [-0.3, -0.25) is 4.79 Å².